The van der Waals surface area contributed by atoms with Crippen molar-refractivity contribution in [2.24, 2.45) is 0 Å². The van der Waals surface area contributed by atoms with Gasteiger partial charge in [-0.05, 0) is 43.5 Å². The molecule has 166 valence electrons. The lowest BCUT2D eigenvalue weighted by atomic mass is 9.97. The van der Waals surface area contributed by atoms with Gasteiger partial charge < -0.3 is 15.5 Å². The molecular formula is C26H41N3O. The molecule has 0 fully saturated rings. The van der Waals surface area contributed by atoms with Gasteiger partial charge in [0.25, 0.3) is 5.91 Å². The van der Waals surface area contributed by atoms with Crippen LogP contribution in [0, 0.1) is 13.8 Å². The Kier molecular flexibility index (Phi) is 13.0. The molecule has 2 aromatic rings. The monoisotopic (exact) mass is 411 g/mol. The van der Waals surface area contributed by atoms with Crippen molar-refractivity contribution in [3.05, 3.63) is 71.1 Å². The fourth-order valence-electron chi connectivity index (χ4n) is 2.99. The van der Waals surface area contributed by atoms with Crippen molar-refractivity contribution >= 4 is 17.3 Å². The number of anilines is 2. The standard InChI is InChI=1S/C11H13NO.C9H10N2.3C2H6/c1-8-3-4-9-5-6-12(2)11(13)10(9)7-8;1-6-4-3-5-8-9(6)11-7(2)10-8;3*1-2/h3-4,7H,5-6H2,1-2H3;3-5,10-11H,2H2,1H3;3*1-2H3. The number of carbonyl (C=O) groups excluding carboxylic acids is 1. The highest BCUT2D eigenvalue weighted by Crippen LogP contribution is 2.32. The van der Waals surface area contributed by atoms with Gasteiger partial charge in [0.1, 0.15) is 5.82 Å². The molecule has 2 N–H and O–H groups in total. The number of likely N-dealkylation sites (N-methyl/N-ethyl adjacent to an activating group) is 1. The zero-order valence-corrected chi connectivity index (χ0v) is 20.4. The molecule has 4 heteroatoms. The maximum absolute atomic E-state index is 11.7. The van der Waals surface area contributed by atoms with Gasteiger partial charge in [-0.15, -0.1) is 0 Å². The van der Waals surface area contributed by atoms with Crippen molar-refractivity contribution in [3.8, 4) is 0 Å². The summed E-state index contributed by atoms with van der Waals surface area (Å²) in [5.41, 5.74) is 6.74. The molecule has 4 nitrogen and oxygen atoms in total. The quantitative estimate of drug-likeness (QED) is 0.490. The number of hydrogen-bond acceptors (Lipinski definition) is 3. The summed E-state index contributed by atoms with van der Waals surface area (Å²) in [5.74, 6) is 1.01. The molecule has 0 saturated carbocycles. The second-order valence-electron chi connectivity index (χ2n) is 6.36. The number of benzene rings is 2. The van der Waals surface area contributed by atoms with E-state index in [1.807, 2.05) is 73.7 Å². The van der Waals surface area contributed by atoms with Crippen molar-refractivity contribution in [2.75, 3.05) is 24.2 Å². The smallest absolute Gasteiger partial charge is 0.253 e. The Morgan fingerprint density at radius 1 is 0.933 bits per heavy atom. The van der Waals surface area contributed by atoms with E-state index in [2.05, 4.69) is 42.3 Å². The van der Waals surface area contributed by atoms with Gasteiger partial charge in [0.2, 0.25) is 0 Å². The SMILES string of the molecule is C=C1Nc2cccc(C)c2N1.CC.CC.CC.Cc1ccc2c(c1)C(=O)N(C)CC2. The van der Waals surface area contributed by atoms with Gasteiger partial charge in [-0.2, -0.15) is 0 Å². The Labute approximate surface area is 184 Å². The summed E-state index contributed by atoms with van der Waals surface area (Å²) in [5, 5.41) is 6.29. The Bertz CT molecular complexity index is 812. The highest BCUT2D eigenvalue weighted by atomic mass is 16.2. The third-order valence-corrected chi connectivity index (χ3v) is 4.39. The molecule has 0 spiro atoms. The van der Waals surface area contributed by atoms with Gasteiger partial charge in [0.05, 0.1) is 11.4 Å². The van der Waals surface area contributed by atoms with Gasteiger partial charge in [-0.1, -0.05) is 78.0 Å². The average molecular weight is 412 g/mol. The van der Waals surface area contributed by atoms with Crippen LogP contribution < -0.4 is 10.6 Å². The molecular weight excluding hydrogens is 370 g/mol. The van der Waals surface area contributed by atoms with Crippen LogP contribution in [0.3, 0.4) is 0 Å². The van der Waals surface area contributed by atoms with Crippen LogP contribution in [0.5, 0.6) is 0 Å². The second-order valence-corrected chi connectivity index (χ2v) is 6.36. The van der Waals surface area contributed by atoms with Crippen LogP contribution in [-0.4, -0.2) is 24.4 Å². The second kappa shape index (κ2) is 14.3. The third-order valence-electron chi connectivity index (χ3n) is 4.39. The minimum Gasteiger partial charge on any atom is -0.341 e. The lowest BCUT2D eigenvalue weighted by Gasteiger charge is -2.24. The predicted octanol–water partition coefficient (Wildman–Crippen LogP) is 7.01. The minimum atomic E-state index is 0.157. The zero-order chi connectivity index (χ0) is 23.3. The van der Waals surface area contributed by atoms with Crippen LogP contribution >= 0.6 is 0 Å². The molecule has 0 bridgehead atoms. The van der Waals surface area contributed by atoms with Gasteiger partial charge in [0, 0.05) is 19.2 Å². The highest BCUT2D eigenvalue weighted by Gasteiger charge is 2.20. The van der Waals surface area contributed by atoms with Crippen molar-refractivity contribution in [1.82, 2.24) is 4.90 Å². The van der Waals surface area contributed by atoms with E-state index in [4.69, 9.17) is 0 Å². The number of nitrogens with zero attached hydrogens (tertiary/aromatic N) is 1. The van der Waals surface area contributed by atoms with E-state index in [1.54, 1.807) is 4.90 Å². The number of amides is 1. The zero-order valence-electron chi connectivity index (χ0n) is 20.4. The number of fused-ring (bicyclic) bond motifs is 2. The Balaban J connectivity index is 0.000000453. The molecule has 2 aromatic carbocycles. The summed E-state index contributed by atoms with van der Waals surface area (Å²) in [6.45, 7) is 20.7. The normalized spacial score (nSPS) is 12.5. The first kappa shape index (κ1) is 27.2. The molecule has 4 rings (SSSR count). The fraction of sp³-hybridized carbons (Fsp3) is 0.423. The van der Waals surface area contributed by atoms with Crippen LogP contribution in [0.25, 0.3) is 0 Å². The summed E-state index contributed by atoms with van der Waals surface area (Å²) in [6.07, 6.45) is 0.984. The van der Waals surface area contributed by atoms with Crippen molar-refractivity contribution < 1.29 is 4.79 Å². The highest BCUT2D eigenvalue weighted by molar-refractivity contribution is 5.96. The summed E-state index contributed by atoms with van der Waals surface area (Å²) >= 11 is 0. The number of nitrogens with one attached hydrogen (secondary N) is 2. The topological polar surface area (TPSA) is 44.4 Å². The molecule has 1 amide bonds. The van der Waals surface area contributed by atoms with E-state index >= 15 is 0 Å². The lowest BCUT2D eigenvalue weighted by molar-refractivity contribution is 0.0781. The van der Waals surface area contributed by atoms with Crippen LogP contribution in [0.2, 0.25) is 0 Å². The summed E-state index contributed by atoms with van der Waals surface area (Å²) in [6, 6.07) is 12.3. The lowest BCUT2D eigenvalue weighted by Crippen LogP contribution is -2.34. The molecule has 0 saturated heterocycles. The van der Waals surface area contributed by atoms with E-state index in [9.17, 15) is 4.79 Å². The van der Waals surface area contributed by atoms with Crippen LogP contribution in [0.15, 0.2) is 48.8 Å². The molecule has 2 aliphatic heterocycles. The third kappa shape index (κ3) is 7.25. The Morgan fingerprint density at radius 2 is 1.57 bits per heavy atom. The van der Waals surface area contributed by atoms with Gasteiger partial charge >= 0.3 is 0 Å². The summed E-state index contributed by atoms with van der Waals surface area (Å²) in [4.78, 5) is 13.5. The molecule has 2 heterocycles. The first-order valence-corrected chi connectivity index (χ1v) is 11.1. The molecule has 0 aromatic heterocycles. The molecule has 2 aliphatic rings. The van der Waals surface area contributed by atoms with Crippen molar-refractivity contribution in [2.45, 2.75) is 61.8 Å². The van der Waals surface area contributed by atoms with Gasteiger partial charge in [0.15, 0.2) is 0 Å². The fourth-order valence-corrected chi connectivity index (χ4v) is 2.99. The van der Waals surface area contributed by atoms with Crippen LogP contribution in [-0.2, 0) is 6.42 Å². The minimum absolute atomic E-state index is 0.157. The first-order chi connectivity index (χ1) is 14.5. The molecule has 0 atom stereocenters. The van der Waals surface area contributed by atoms with Crippen molar-refractivity contribution in [1.29, 1.82) is 0 Å². The van der Waals surface area contributed by atoms with Gasteiger partial charge in [-0.25, -0.2) is 0 Å². The molecule has 0 aliphatic carbocycles. The number of rotatable bonds is 0. The van der Waals surface area contributed by atoms with Crippen LogP contribution in [0.1, 0.15) is 68.6 Å². The van der Waals surface area contributed by atoms with Crippen molar-refractivity contribution in [3.63, 3.8) is 0 Å². The first-order valence-electron chi connectivity index (χ1n) is 11.1. The van der Waals surface area contributed by atoms with Gasteiger partial charge in [-0.3, -0.25) is 4.79 Å². The van der Waals surface area contributed by atoms with E-state index in [0.29, 0.717) is 0 Å². The maximum Gasteiger partial charge on any atom is 0.253 e. The maximum atomic E-state index is 11.7. The number of aryl methyl sites for hydroxylation is 2. The molecule has 30 heavy (non-hydrogen) atoms. The average Bonchev–Trinajstić information content (AvgIpc) is 3.18. The summed E-state index contributed by atoms with van der Waals surface area (Å²) in [7, 11) is 1.85. The number of para-hydroxylation sites is 1. The van der Waals surface area contributed by atoms with Crippen LogP contribution in [0.4, 0.5) is 11.4 Å². The molecule has 0 unspecified atom stereocenters. The van der Waals surface area contributed by atoms with E-state index in [0.717, 1.165) is 41.3 Å². The number of carbonyl (C=O) groups is 1. The Morgan fingerprint density at radius 3 is 2.17 bits per heavy atom. The Hall–Kier alpha value is -2.75. The summed E-state index contributed by atoms with van der Waals surface area (Å²) < 4.78 is 0. The van der Waals surface area contributed by atoms with E-state index in [1.165, 1.54) is 11.1 Å². The molecule has 0 radical (unpaired) electrons. The van der Waals surface area contributed by atoms with E-state index in [-0.39, 0.29) is 5.91 Å². The predicted molar refractivity (Wildman–Crippen MR) is 133 cm³/mol. The van der Waals surface area contributed by atoms with E-state index < -0.39 is 0 Å². The largest absolute Gasteiger partial charge is 0.341 e. The number of hydrogen-bond donors (Lipinski definition) is 2.